The van der Waals surface area contributed by atoms with Crippen molar-refractivity contribution in [2.24, 2.45) is 0 Å². The Bertz CT molecular complexity index is 348. The third-order valence-corrected chi connectivity index (χ3v) is 2.30. The fourth-order valence-electron chi connectivity index (χ4n) is 1.63. The van der Waals surface area contributed by atoms with Gasteiger partial charge in [0.2, 0.25) is 0 Å². The maximum Gasteiger partial charge on any atom is 0.169 e. The van der Waals surface area contributed by atoms with Crippen LogP contribution in [0.3, 0.4) is 0 Å². The third-order valence-electron chi connectivity index (χ3n) is 2.30. The zero-order valence-electron chi connectivity index (χ0n) is 8.43. The van der Waals surface area contributed by atoms with Gasteiger partial charge in [-0.3, -0.25) is 9.69 Å². The molecule has 0 N–H and O–H groups in total. The molecule has 2 rings (SSSR count). The highest BCUT2D eigenvalue weighted by molar-refractivity contribution is 5.92. The maximum absolute atomic E-state index is 11.1. The molecule has 0 bridgehead atoms. The Kier molecular flexibility index (Phi) is 4.53. The van der Waals surface area contributed by atoms with Crippen LogP contribution in [0.15, 0.2) is 42.5 Å². The smallest absolute Gasteiger partial charge is 0.169 e. The van der Waals surface area contributed by atoms with E-state index >= 15 is 0 Å². The maximum atomic E-state index is 11.1. The van der Waals surface area contributed by atoms with Crippen LogP contribution in [0.4, 0.5) is 0 Å². The number of nitrogens with zero attached hydrogens (tertiary/aromatic N) is 1. The van der Waals surface area contributed by atoms with Crippen LogP contribution in [-0.4, -0.2) is 23.8 Å². The molecule has 1 aliphatic rings. The highest BCUT2D eigenvalue weighted by Gasteiger charge is 2.11. The van der Waals surface area contributed by atoms with Crippen molar-refractivity contribution in [3.05, 3.63) is 48.0 Å². The molecule has 2 nitrogen and oxygen atoms in total. The van der Waals surface area contributed by atoms with E-state index in [0.717, 1.165) is 13.1 Å². The second-order valence-corrected chi connectivity index (χ2v) is 3.52. The molecule has 0 unspecified atom stereocenters. The van der Waals surface area contributed by atoms with E-state index in [1.54, 1.807) is 6.08 Å². The van der Waals surface area contributed by atoms with Crippen LogP contribution in [-0.2, 0) is 11.3 Å². The van der Waals surface area contributed by atoms with Crippen molar-refractivity contribution in [1.29, 1.82) is 0 Å². The first-order valence-corrected chi connectivity index (χ1v) is 4.80. The van der Waals surface area contributed by atoms with Crippen LogP contribution in [0.5, 0.6) is 0 Å². The summed E-state index contributed by atoms with van der Waals surface area (Å²) in [5.41, 5.74) is 1.26. The molecule has 0 aliphatic carbocycles. The van der Waals surface area contributed by atoms with Crippen molar-refractivity contribution in [3.63, 3.8) is 0 Å². The molecule has 3 heteroatoms. The largest absolute Gasteiger partial charge is 0.293 e. The van der Waals surface area contributed by atoms with Gasteiger partial charge in [-0.2, -0.15) is 0 Å². The lowest BCUT2D eigenvalue weighted by Crippen LogP contribution is -2.31. The van der Waals surface area contributed by atoms with Gasteiger partial charge in [-0.25, -0.2) is 0 Å². The van der Waals surface area contributed by atoms with E-state index in [4.69, 9.17) is 0 Å². The number of carbonyl (C=O) groups excluding carboxylic acids is 1. The van der Waals surface area contributed by atoms with Crippen molar-refractivity contribution in [2.45, 2.75) is 6.54 Å². The molecule has 0 saturated heterocycles. The van der Waals surface area contributed by atoms with Gasteiger partial charge in [-0.05, 0) is 11.6 Å². The van der Waals surface area contributed by atoms with Crippen molar-refractivity contribution >= 4 is 18.2 Å². The Balaban J connectivity index is 0.00000112. The van der Waals surface area contributed by atoms with Crippen LogP contribution in [0, 0.1) is 0 Å². The molecule has 1 aliphatic heterocycles. The van der Waals surface area contributed by atoms with Gasteiger partial charge in [0, 0.05) is 13.1 Å². The molecule has 1 aromatic carbocycles. The van der Waals surface area contributed by atoms with E-state index in [-0.39, 0.29) is 18.2 Å². The van der Waals surface area contributed by atoms with E-state index in [9.17, 15) is 4.79 Å². The van der Waals surface area contributed by atoms with Crippen molar-refractivity contribution in [3.8, 4) is 0 Å². The molecule has 0 saturated carbocycles. The summed E-state index contributed by atoms with van der Waals surface area (Å²) in [6, 6.07) is 10.2. The molecule has 0 amide bonds. The minimum atomic E-state index is 0. The highest BCUT2D eigenvalue weighted by atomic mass is 35.5. The predicted octanol–water partition coefficient (Wildman–Crippen LogP) is 2.05. The summed E-state index contributed by atoms with van der Waals surface area (Å²) in [5, 5.41) is 0. The zero-order valence-corrected chi connectivity index (χ0v) is 9.24. The Morgan fingerprint density at radius 3 is 2.60 bits per heavy atom. The second-order valence-electron chi connectivity index (χ2n) is 3.52. The van der Waals surface area contributed by atoms with Gasteiger partial charge >= 0.3 is 0 Å². The molecule has 0 atom stereocenters. The average molecular weight is 224 g/mol. The number of hydrogen-bond acceptors (Lipinski definition) is 2. The first-order valence-electron chi connectivity index (χ1n) is 4.80. The summed E-state index contributed by atoms with van der Waals surface area (Å²) in [6.45, 7) is 2.28. The predicted molar refractivity (Wildman–Crippen MR) is 63.1 cm³/mol. The second kappa shape index (κ2) is 5.69. The summed E-state index contributed by atoms with van der Waals surface area (Å²) in [4.78, 5) is 13.3. The Morgan fingerprint density at radius 1 is 1.20 bits per heavy atom. The highest BCUT2D eigenvalue weighted by Crippen LogP contribution is 2.06. The van der Waals surface area contributed by atoms with E-state index in [0.29, 0.717) is 6.54 Å². The van der Waals surface area contributed by atoms with Gasteiger partial charge in [-0.15, -0.1) is 12.4 Å². The van der Waals surface area contributed by atoms with Gasteiger partial charge in [0.1, 0.15) is 0 Å². The third kappa shape index (κ3) is 3.50. The number of rotatable bonds is 2. The first-order chi connectivity index (χ1) is 6.84. The Labute approximate surface area is 96.0 Å². The SMILES string of the molecule is Cl.O=C1C=CCN(Cc2ccccc2)C1. The Hall–Kier alpha value is -1.12. The van der Waals surface area contributed by atoms with Crippen LogP contribution < -0.4 is 0 Å². The molecule has 80 valence electrons. The first kappa shape index (κ1) is 12.0. The summed E-state index contributed by atoms with van der Waals surface area (Å²) < 4.78 is 0. The summed E-state index contributed by atoms with van der Waals surface area (Å²) in [7, 11) is 0. The van der Waals surface area contributed by atoms with Crippen molar-refractivity contribution in [1.82, 2.24) is 4.90 Å². The van der Waals surface area contributed by atoms with Gasteiger partial charge in [0.05, 0.1) is 6.54 Å². The van der Waals surface area contributed by atoms with Crippen molar-refractivity contribution in [2.75, 3.05) is 13.1 Å². The van der Waals surface area contributed by atoms with Gasteiger partial charge in [0.15, 0.2) is 5.78 Å². The lowest BCUT2D eigenvalue weighted by atomic mass is 10.2. The van der Waals surface area contributed by atoms with Gasteiger partial charge < -0.3 is 0 Å². The number of halogens is 1. The minimum Gasteiger partial charge on any atom is -0.293 e. The van der Waals surface area contributed by atoms with Crippen LogP contribution in [0.2, 0.25) is 0 Å². The van der Waals surface area contributed by atoms with Gasteiger partial charge in [0.25, 0.3) is 0 Å². The summed E-state index contributed by atoms with van der Waals surface area (Å²) >= 11 is 0. The number of ketones is 1. The van der Waals surface area contributed by atoms with E-state index in [1.165, 1.54) is 5.56 Å². The molecule has 1 aromatic rings. The van der Waals surface area contributed by atoms with Crippen LogP contribution >= 0.6 is 12.4 Å². The molecular weight excluding hydrogens is 210 g/mol. The fourth-order valence-corrected chi connectivity index (χ4v) is 1.63. The normalized spacial score (nSPS) is 16.1. The van der Waals surface area contributed by atoms with E-state index in [2.05, 4.69) is 17.0 Å². The summed E-state index contributed by atoms with van der Waals surface area (Å²) in [5.74, 6) is 0.201. The molecule has 0 aromatic heterocycles. The molecular formula is C12H14ClNO. The number of carbonyl (C=O) groups is 1. The molecule has 15 heavy (non-hydrogen) atoms. The quantitative estimate of drug-likeness (QED) is 0.765. The van der Waals surface area contributed by atoms with E-state index < -0.39 is 0 Å². The monoisotopic (exact) mass is 223 g/mol. The lowest BCUT2D eigenvalue weighted by Gasteiger charge is -2.21. The molecule has 1 heterocycles. The minimum absolute atomic E-state index is 0. The number of benzene rings is 1. The molecule has 0 fully saturated rings. The Morgan fingerprint density at radius 2 is 1.93 bits per heavy atom. The zero-order chi connectivity index (χ0) is 9.80. The number of hydrogen-bond donors (Lipinski definition) is 0. The molecule has 0 radical (unpaired) electrons. The topological polar surface area (TPSA) is 20.3 Å². The lowest BCUT2D eigenvalue weighted by molar-refractivity contribution is -0.116. The standard InChI is InChI=1S/C12H13NO.ClH/c14-12-7-4-8-13(10-12)9-11-5-2-1-3-6-11;/h1-7H,8-10H2;1H. The van der Waals surface area contributed by atoms with Gasteiger partial charge in [-0.1, -0.05) is 36.4 Å². The van der Waals surface area contributed by atoms with Crippen molar-refractivity contribution < 1.29 is 4.79 Å². The van der Waals surface area contributed by atoms with Crippen LogP contribution in [0.1, 0.15) is 5.56 Å². The van der Waals surface area contributed by atoms with E-state index in [1.807, 2.05) is 24.3 Å². The average Bonchev–Trinajstić information content (AvgIpc) is 2.19. The van der Waals surface area contributed by atoms with Crippen LogP contribution in [0.25, 0.3) is 0 Å². The summed E-state index contributed by atoms with van der Waals surface area (Å²) in [6.07, 6.45) is 3.59. The fraction of sp³-hybridized carbons (Fsp3) is 0.250. The molecule has 0 spiro atoms.